The summed E-state index contributed by atoms with van der Waals surface area (Å²) in [5, 5.41) is 12.8. The average Bonchev–Trinajstić information content (AvgIpc) is 3.12. The molecule has 0 bridgehead atoms. The second-order valence-electron chi connectivity index (χ2n) is 7.15. The number of hydrogen-bond acceptors (Lipinski definition) is 5. The lowest BCUT2D eigenvalue weighted by Gasteiger charge is -2.10. The summed E-state index contributed by atoms with van der Waals surface area (Å²) in [7, 11) is 0. The molecule has 0 aliphatic heterocycles. The number of thioether (sulfide) groups is 1. The Morgan fingerprint density at radius 2 is 1.81 bits per heavy atom. The molecule has 31 heavy (non-hydrogen) atoms. The van der Waals surface area contributed by atoms with Gasteiger partial charge in [-0.3, -0.25) is 4.79 Å². The first-order valence-electron chi connectivity index (χ1n) is 9.89. The van der Waals surface area contributed by atoms with E-state index >= 15 is 0 Å². The fourth-order valence-corrected chi connectivity index (χ4v) is 4.25. The van der Waals surface area contributed by atoms with Gasteiger partial charge in [0, 0.05) is 22.3 Å². The first kappa shape index (κ1) is 23.4. The number of benzene rings is 2. The average molecular weight is 479 g/mol. The summed E-state index contributed by atoms with van der Waals surface area (Å²) in [4.78, 5) is 12.3. The maximum Gasteiger partial charge on any atom is 0.234 e. The number of aromatic nitrogens is 3. The molecule has 2 aromatic carbocycles. The van der Waals surface area contributed by atoms with Crippen molar-refractivity contribution in [2.24, 2.45) is 0 Å². The lowest BCUT2D eigenvalue weighted by Crippen LogP contribution is -2.15. The quantitative estimate of drug-likeness (QED) is 0.379. The highest BCUT2D eigenvalue weighted by Gasteiger charge is 2.14. The van der Waals surface area contributed by atoms with Gasteiger partial charge in [0.2, 0.25) is 5.91 Å². The van der Waals surface area contributed by atoms with E-state index in [4.69, 9.17) is 27.9 Å². The van der Waals surface area contributed by atoms with Gasteiger partial charge >= 0.3 is 0 Å². The molecule has 1 amide bonds. The normalized spacial score (nSPS) is 11.0. The maximum atomic E-state index is 12.3. The summed E-state index contributed by atoms with van der Waals surface area (Å²) < 4.78 is 7.81. The molecule has 0 aliphatic carbocycles. The Morgan fingerprint density at radius 3 is 2.42 bits per heavy atom. The van der Waals surface area contributed by atoms with Crippen molar-refractivity contribution in [3.05, 3.63) is 63.9 Å². The van der Waals surface area contributed by atoms with Gasteiger partial charge in [-0.2, -0.15) is 0 Å². The molecule has 6 nitrogen and oxygen atoms in total. The molecule has 0 aliphatic rings. The molecule has 0 atom stereocenters. The maximum absolute atomic E-state index is 12.3. The number of nitrogens with one attached hydrogen (secondary N) is 1. The minimum atomic E-state index is -0.183. The Hall–Kier alpha value is -2.22. The lowest BCUT2D eigenvalue weighted by molar-refractivity contribution is -0.113. The zero-order valence-electron chi connectivity index (χ0n) is 17.6. The van der Waals surface area contributed by atoms with E-state index in [-0.39, 0.29) is 11.7 Å². The molecular formula is C22H24Cl2N4O2S. The Balaban J connectivity index is 1.57. The SMILES string of the molecule is CCn1c(COc2ccc(C(C)C)cc2)nnc1SCC(=O)Nc1cc(Cl)cc(Cl)c1. The van der Waals surface area contributed by atoms with E-state index in [1.54, 1.807) is 18.2 Å². The van der Waals surface area contributed by atoms with Gasteiger partial charge in [0.25, 0.3) is 0 Å². The van der Waals surface area contributed by atoms with Crippen molar-refractivity contribution in [2.45, 2.75) is 45.0 Å². The second-order valence-corrected chi connectivity index (χ2v) is 8.97. The van der Waals surface area contributed by atoms with Gasteiger partial charge in [-0.25, -0.2) is 0 Å². The summed E-state index contributed by atoms with van der Waals surface area (Å²) in [6.07, 6.45) is 0. The Bertz CT molecular complexity index is 1020. The summed E-state index contributed by atoms with van der Waals surface area (Å²) in [5.74, 6) is 1.96. The van der Waals surface area contributed by atoms with E-state index in [9.17, 15) is 4.79 Å². The molecule has 0 saturated carbocycles. The molecular weight excluding hydrogens is 455 g/mol. The van der Waals surface area contributed by atoms with Crippen LogP contribution >= 0.6 is 35.0 Å². The van der Waals surface area contributed by atoms with E-state index in [0.29, 0.717) is 45.8 Å². The largest absolute Gasteiger partial charge is 0.486 e. The number of carbonyl (C=O) groups is 1. The molecule has 0 spiro atoms. The van der Waals surface area contributed by atoms with Crippen LogP contribution in [-0.4, -0.2) is 26.4 Å². The molecule has 1 aromatic heterocycles. The summed E-state index contributed by atoms with van der Waals surface area (Å²) in [5.41, 5.74) is 1.82. The van der Waals surface area contributed by atoms with E-state index in [2.05, 4.69) is 41.5 Å². The van der Waals surface area contributed by atoms with Crippen LogP contribution < -0.4 is 10.1 Å². The predicted octanol–water partition coefficient (Wildman–Crippen LogP) is 6.04. The molecule has 0 radical (unpaired) electrons. The van der Waals surface area contributed by atoms with Crippen LogP contribution in [0, 0.1) is 0 Å². The number of hydrogen-bond donors (Lipinski definition) is 1. The van der Waals surface area contributed by atoms with Gasteiger partial charge in [0.15, 0.2) is 11.0 Å². The van der Waals surface area contributed by atoms with Crippen molar-refractivity contribution in [3.8, 4) is 5.75 Å². The predicted molar refractivity (Wildman–Crippen MR) is 126 cm³/mol. The molecule has 3 rings (SSSR count). The van der Waals surface area contributed by atoms with Crippen LogP contribution in [0.1, 0.15) is 38.1 Å². The fourth-order valence-electron chi connectivity index (χ4n) is 2.90. The number of nitrogens with zero attached hydrogens (tertiary/aromatic N) is 3. The third kappa shape index (κ3) is 6.63. The summed E-state index contributed by atoms with van der Waals surface area (Å²) >= 11 is 13.3. The van der Waals surface area contributed by atoms with Crippen molar-refractivity contribution in [2.75, 3.05) is 11.1 Å². The molecule has 9 heteroatoms. The van der Waals surface area contributed by atoms with Crippen molar-refractivity contribution in [3.63, 3.8) is 0 Å². The van der Waals surface area contributed by atoms with Gasteiger partial charge in [0.05, 0.1) is 5.75 Å². The van der Waals surface area contributed by atoms with Gasteiger partial charge in [0.1, 0.15) is 12.4 Å². The molecule has 1 heterocycles. The highest BCUT2D eigenvalue weighted by Crippen LogP contribution is 2.24. The smallest absolute Gasteiger partial charge is 0.234 e. The second kappa shape index (κ2) is 10.9. The van der Waals surface area contributed by atoms with Crippen molar-refractivity contribution >= 4 is 46.6 Å². The van der Waals surface area contributed by atoms with Crippen LogP contribution in [0.15, 0.2) is 47.6 Å². The highest BCUT2D eigenvalue weighted by molar-refractivity contribution is 7.99. The monoisotopic (exact) mass is 478 g/mol. The van der Waals surface area contributed by atoms with Crippen LogP contribution in [0.5, 0.6) is 5.75 Å². The molecule has 3 aromatic rings. The minimum Gasteiger partial charge on any atom is -0.486 e. The topological polar surface area (TPSA) is 69.0 Å². The number of amides is 1. The zero-order valence-corrected chi connectivity index (χ0v) is 19.9. The first-order valence-corrected chi connectivity index (χ1v) is 11.6. The van der Waals surface area contributed by atoms with Gasteiger partial charge < -0.3 is 14.6 Å². The van der Waals surface area contributed by atoms with Crippen molar-refractivity contribution in [1.82, 2.24) is 14.8 Å². The molecule has 164 valence electrons. The zero-order chi connectivity index (χ0) is 22.4. The Kier molecular flexibility index (Phi) is 8.23. The number of carbonyl (C=O) groups excluding carboxylic acids is 1. The third-order valence-corrected chi connectivity index (χ3v) is 5.91. The number of ether oxygens (including phenoxy) is 1. The summed E-state index contributed by atoms with van der Waals surface area (Å²) in [6, 6.07) is 13.0. The Morgan fingerprint density at radius 1 is 1.13 bits per heavy atom. The van der Waals surface area contributed by atoms with Crippen LogP contribution in [-0.2, 0) is 17.9 Å². The fraction of sp³-hybridized carbons (Fsp3) is 0.318. The van der Waals surface area contributed by atoms with E-state index < -0.39 is 0 Å². The van der Waals surface area contributed by atoms with Crippen molar-refractivity contribution in [1.29, 1.82) is 0 Å². The summed E-state index contributed by atoms with van der Waals surface area (Å²) in [6.45, 7) is 7.29. The van der Waals surface area contributed by atoms with Gasteiger partial charge in [-0.1, -0.05) is 60.9 Å². The van der Waals surface area contributed by atoms with Crippen LogP contribution in [0.4, 0.5) is 5.69 Å². The molecule has 0 saturated heterocycles. The van der Waals surface area contributed by atoms with E-state index in [1.807, 2.05) is 23.6 Å². The number of halogens is 2. The molecule has 1 N–H and O–H groups in total. The first-order chi connectivity index (χ1) is 14.9. The van der Waals surface area contributed by atoms with Crippen molar-refractivity contribution < 1.29 is 9.53 Å². The van der Waals surface area contributed by atoms with Gasteiger partial charge in [-0.05, 0) is 48.7 Å². The van der Waals surface area contributed by atoms with Gasteiger partial charge in [-0.15, -0.1) is 10.2 Å². The molecule has 0 fully saturated rings. The van der Waals surface area contributed by atoms with E-state index in [0.717, 1.165) is 5.75 Å². The van der Waals surface area contributed by atoms with Crippen LogP contribution in [0.25, 0.3) is 0 Å². The third-order valence-electron chi connectivity index (χ3n) is 4.50. The van der Waals surface area contributed by atoms with Crippen LogP contribution in [0.2, 0.25) is 10.0 Å². The lowest BCUT2D eigenvalue weighted by atomic mass is 10.0. The molecule has 0 unspecified atom stereocenters. The van der Waals surface area contributed by atoms with Crippen LogP contribution in [0.3, 0.4) is 0 Å². The van der Waals surface area contributed by atoms with E-state index in [1.165, 1.54) is 17.3 Å². The number of rotatable bonds is 9. The number of anilines is 1. The minimum absolute atomic E-state index is 0.180. The standard InChI is InChI=1S/C22H24Cl2N4O2S/c1-4-28-20(12-30-19-7-5-15(6-8-19)14(2)3)26-27-22(28)31-13-21(29)25-18-10-16(23)9-17(24)11-18/h5-11,14H,4,12-13H2,1-3H3,(H,25,29). The highest BCUT2D eigenvalue weighted by atomic mass is 35.5. The Labute approximate surface area is 196 Å².